The number of carbonyl (C=O) groups excluding carboxylic acids is 1. The first-order chi connectivity index (χ1) is 13.8. The largest absolute Gasteiger partial charge is 0.348 e. The molecule has 2 rings (SSSR count). The monoisotopic (exact) mass is 430 g/mol. The Kier molecular flexibility index (Phi) is 7.35. The molecule has 0 bridgehead atoms. The van der Waals surface area contributed by atoms with Gasteiger partial charge in [-0.05, 0) is 93.5 Å². The third kappa shape index (κ3) is 5.42. The minimum atomic E-state index is -3.66. The molecule has 0 saturated heterocycles. The molecule has 0 saturated carbocycles. The van der Waals surface area contributed by atoms with Crippen LogP contribution in [0, 0.1) is 34.6 Å². The lowest BCUT2D eigenvalue weighted by atomic mass is 9.96. The van der Waals surface area contributed by atoms with E-state index >= 15 is 0 Å². The van der Waals surface area contributed by atoms with Gasteiger partial charge in [0.15, 0.2) is 0 Å². The molecule has 30 heavy (non-hydrogen) atoms. The highest BCUT2D eigenvalue weighted by molar-refractivity contribution is 7.92. The van der Waals surface area contributed by atoms with Crippen LogP contribution in [0.15, 0.2) is 30.3 Å². The number of sulfonamides is 1. The van der Waals surface area contributed by atoms with Crippen LogP contribution in [0.25, 0.3) is 0 Å². The van der Waals surface area contributed by atoms with Crippen LogP contribution < -0.4 is 9.62 Å². The van der Waals surface area contributed by atoms with Crippen LogP contribution >= 0.6 is 0 Å². The van der Waals surface area contributed by atoms with Gasteiger partial charge in [-0.15, -0.1) is 0 Å². The van der Waals surface area contributed by atoms with Gasteiger partial charge in [0.25, 0.3) is 0 Å². The molecular formula is C24H34N2O3S. The summed E-state index contributed by atoms with van der Waals surface area (Å²) < 4.78 is 26.6. The van der Waals surface area contributed by atoms with E-state index in [2.05, 4.69) is 24.4 Å². The number of aryl methyl sites for hydroxylation is 5. The summed E-state index contributed by atoms with van der Waals surface area (Å²) >= 11 is 0. The fraction of sp³-hybridized carbons (Fsp3) is 0.458. The van der Waals surface area contributed by atoms with Gasteiger partial charge in [-0.25, -0.2) is 8.42 Å². The van der Waals surface area contributed by atoms with Crippen molar-refractivity contribution in [2.24, 2.45) is 0 Å². The molecule has 5 nitrogen and oxygen atoms in total. The van der Waals surface area contributed by atoms with Crippen molar-refractivity contribution in [2.75, 3.05) is 10.6 Å². The van der Waals surface area contributed by atoms with E-state index in [0.717, 1.165) is 34.1 Å². The standard InChI is InChI=1S/C24H34N2O3S/c1-9-23(26(30(8,28)29)21-11-15(2)10-16(3)12-21)24(27)25-20(7)22-14-18(5)17(4)13-19(22)6/h10-14,20,23H,9H2,1-8H3,(H,25,27)/t20-,23-/m0/s1. The number of anilines is 1. The minimum Gasteiger partial charge on any atom is -0.348 e. The number of hydrogen-bond acceptors (Lipinski definition) is 3. The summed E-state index contributed by atoms with van der Waals surface area (Å²) in [7, 11) is -3.66. The van der Waals surface area contributed by atoms with Crippen molar-refractivity contribution in [1.29, 1.82) is 0 Å². The second kappa shape index (κ2) is 9.21. The normalized spacial score (nSPS) is 13.6. The zero-order valence-electron chi connectivity index (χ0n) is 19.3. The second-order valence-electron chi connectivity index (χ2n) is 8.35. The molecule has 0 aliphatic rings. The predicted molar refractivity (Wildman–Crippen MR) is 125 cm³/mol. The van der Waals surface area contributed by atoms with Gasteiger partial charge < -0.3 is 5.32 Å². The quantitative estimate of drug-likeness (QED) is 0.695. The fourth-order valence-electron chi connectivity index (χ4n) is 3.97. The van der Waals surface area contributed by atoms with Gasteiger partial charge in [0.2, 0.25) is 15.9 Å². The number of benzene rings is 2. The van der Waals surface area contributed by atoms with Crippen LogP contribution in [0.4, 0.5) is 5.69 Å². The molecule has 164 valence electrons. The van der Waals surface area contributed by atoms with Crippen molar-refractivity contribution < 1.29 is 13.2 Å². The predicted octanol–water partition coefficient (Wildman–Crippen LogP) is 4.65. The van der Waals surface area contributed by atoms with Crippen molar-refractivity contribution >= 4 is 21.6 Å². The molecule has 2 atom stereocenters. The van der Waals surface area contributed by atoms with Crippen LogP contribution in [0.5, 0.6) is 0 Å². The summed E-state index contributed by atoms with van der Waals surface area (Å²) in [6, 6.07) is 8.75. The molecule has 0 aliphatic heterocycles. The average molecular weight is 431 g/mol. The Morgan fingerprint density at radius 2 is 1.47 bits per heavy atom. The molecule has 1 N–H and O–H groups in total. The highest BCUT2D eigenvalue weighted by atomic mass is 32.2. The smallest absolute Gasteiger partial charge is 0.244 e. The molecule has 1 amide bonds. The Labute approximate surface area is 181 Å². The first kappa shape index (κ1) is 23.9. The van der Waals surface area contributed by atoms with Gasteiger partial charge in [0.1, 0.15) is 6.04 Å². The summed E-state index contributed by atoms with van der Waals surface area (Å²) in [6.07, 6.45) is 1.52. The maximum Gasteiger partial charge on any atom is 0.244 e. The van der Waals surface area contributed by atoms with E-state index in [0.29, 0.717) is 12.1 Å². The molecule has 0 unspecified atom stereocenters. The Morgan fingerprint density at radius 1 is 0.933 bits per heavy atom. The van der Waals surface area contributed by atoms with Crippen molar-refractivity contribution in [3.05, 3.63) is 63.7 Å². The van der Waals surface area contributed by atoms with Gasteiger partial charge in [0.05, 0.1) is 18.0 Å². The zero-order chi connectivity index (χ0) is 22.8. The number of nitrogens with one attached hydrogen (secondary N) is 1. The van der Waals surface area contributed by atoms with E-state index in [9.17, 15) is 13.2 Å². The van der Waals surface area contributed by atoms with Crippen LogP contribution in [0.1, 0.15) is 59.7 Å². The number of hydrogen-bond donors (Lipinski definition) is 1. The third-order valence-corrected chi connectivity index (χ3v) is 6.68. The Balaban J connectivity index is 2.40. The first-order valence-corrected chi connectivity index (χ1v) is 12.2. The van der Waals surface area contributed by atoms with E-state index < -0.39 is 16.1 Å². The van der Waals surface area contributed by atoms with Crippen LogP contribution in [0.2, 0.25) is 0 Å². The van der Waals surface area contributed by atoms with Crippen molar-refractivity contribution in [3.63, 3.8) is 0 Å². The molecular weight excluding hydrogens is 396 g/mol. The number of carbonyl (C=O) groups is 1. The van der Waals surface area contributed by atoms with Gasteiger partial charge >= 0.3 is 0 Å². The lowest BCUT2D eigenvalue weighted by molar-refractivity contribution is -0.122. The Hall–Kier alpha value is -2.34. The molecule has 0 spiro atoms. The lowest BCUT2D eigenvalue weighted by Crippen LogP contribution is -2.49. The minimum absolute atomic E-state index is 0.230. The molecule has 0 radical (unpaired) electrons. The Bertz CT molecular complexity index is 1020. The fourth-order valence-corrected chi connectivity index (χ4v) is 5.17. The molecule has 0 aromatic heterocycles. The average Bonchev–Trinajstić information content (AvgIpc) is 2.60. The molecule has 0 heterocycles. The summed E-state index contributed by atoms with van der Waals surface area (Å²) in [5, 5.41) is 3.04. The second-order valence-corrected chi connectivity index (χ2v) is 10.2. The topological polar surface area (TPSA) is 66.5 Å². The van der Waals surface area contributed by atoms with Crippen LogP contribution in [0.3, 0.4) is 0 Å². The van der Waals surface area contributed by atoms with Crippen LogP contribution in [-0.2, 0) is 14.8 Å². The summed E-state index contributed by atoms with van der Waals surface area (Å²) in [5.41, 5.74) is 6.94. The first-order valence-electron chi connectivity index (χ1n) is 10.3. The van der Waals surface area contributed by atoms with E-state index in [-0.39, 0.29) is 11.9 Å². The van der Waals surface area contributed by atoms with E-state index in [1.54, 1.807) is 12.1 Å². The number of rotatable bonds is 7. The molecule has 0 fully saturated rings. The highest BCUT2D eigenvalue weighted by Gasteiger charge is 2.32. The molecule has 6 heteroatoms. The van der Waals surface area contributed by atoms with Crippen molar-refractivity contribution in [2.45, 2.75) is 67.0 Å². The van der Waals surface area contributed by atoms with Crippen molar-refractivity contribution in [1.82, 2.24) is 5.32 Å². The van der Waals surface area contributed by atoms with Gasteiger partial charge in [-0.1, -0.05) is 25.1 Å². The molecule has 0 aliphatic carbocycles. The van der Waals surface area contributed by atoms with E-state index in [1.807, 2.05) is 47.6 Å². The number of nitrogens with zero attached hydrogens (tertiary/aromatic N) is 1. The summed E-state index contributed by atoms with van der Waals surface area (Å²) in [6.45, 7) is 13.7. The molecule has 2 aromatic rings. The van der Waals surface area contributed by atoms with Gasteiger partial charge in [-0.2, -0.15) is 0 Å². The highest BCUT2D eigenvalue weighted by Crippen LogP contribution is 2.26. The van der Waals surface area contributed by atoms with Crippen LogP contribution in [-0.4, -0.2) is 26.6 Å². The molecule has 2 aromatic carbocycles. The van der Waals surface area contributed by atoms with E-state index in [1.165, 1.54) is 9.87 Å². The lowest BCUT2D eigenvalue weighted by Gasteiger charge is -2.31. The third-order valence-electron chi connectivity index (χ3n) is 5.50. The zero-order valence-corrected chi connectivity index (χ0v) is 20.1. The summed E-state index contributed by atoms with van der Waals surface area (Å²) in [5.74, 6) is -0.299. The summed E-state index contributed by atoms with van der Waals surface area (Å²) in [4.78, 5) is 13.2. The van der Waals surface area contributed by atoms with E-state index in [4.69, 9.17) is 0 Å². The van der Waals surface area contributed by atoms with Gasteiger partial charge in [-0.3, -0.25) is 9.10 Å². The maximum atomic E-state index is 13.2. The van der Waals surface area contributed by atoms with Gasteiger partial charge in [0, 0.05) is 0 Å². The van der Waals surface area contributed by atoms with Crippen molar-refractivity contribution in [3.8, 4) is 0 Å². The number of amides is 1. The SMILES string of the molecule is CC[C@@H](C(=O)N[C@@H](C)c1cc(C)c(C)cc1C)N(c1cc(C)cc(C)c1)S(C)(=O)=O. The maximum absolute atomic E-state index is 13.2. The Morgan fingerprint density at radius 3 is 1.97 bits per heavy atom.